The predicted molar refractivity (Wildman–Crippen MR) is 139 cm³/mol. The summed E-state index contributed by atoms with van der Waals surface area (Å²) in [7, 11) is 1.73. The zero-order chi connectivity index (χ0) is 25.4. The summed E-state index contributed by atoms with van der Waals surface area (Å²) in [6, 6.07) is 4.13. The Labute approximate surface area is 210 Å². The maximum Gasteiger partial charge on any atom is 0.227 e. The molecule has 2 fully saturated rings. The summed E-state index contributed by atoms with van der Waals surface area (Å²) in [5.74, 6) is 2.89. The summed E-state index contributed by atoms with van der Waals surface area (Å²) in [6.45, 7) is 7.89. The molecule has 2 aliphatic rings. The molecule has 2 aliphatic heterocycles. The normalized spacial score (nSPS) is 24.3. The molecular weight excluding hydrogens is 461 g/mol. The van der Waals surface area contributed by atoms with Gasteiger partial charge in [-0.3, -0.25) is 0 Å². The van der Waals surface area contributed by atoms with Crippen molar-refractivity contribution in [3.63, 3.8) is 0 Å². The van der Waals surface area contributed by atoms with Crippen LogP contribution >= 0.6 is 0 Å². The van der Waals surface area contributed by atoms with Crippen LogP contribution in [-0.2, 0) is 4.74 Å². The molecule has 2 N–H and O–H groups in total. The van der Waals surface area contributed by atoms with Crippen LogP contribution in [0.5, 0.6) is 0 Å². The van der Waals surface area contributed by atoms with Crippen LogP contribution in [0.3, 0.4) is 0 Å². The van der Waals surface area contributed by atoms with Crippen LogP contribution in [0.1, 0.15) is 45.1 Å². The quantitative estimate of drug-likeness (QED) is 0.507. The average Bonchev–Trinajstić information content (AvgIpc) is 2.83. The minimum atomic E-state index is -1.71. The third-order valence-corrected chi connectivity index (χ3v) is 7.23. The van der Waals surface area contributed by atoms with Crippen molar-refractivity contribution in [2.24, 2.45) is 0 Å². The molecule has 3 atom stereocenters. The van der Waals surface area contributed by atoms with Crippen molar-refractivity contribution >= 4 is 34.2 Å². The Kier molecular flexibility index (Phi) is 6.65. The van der Waals surface area contributed by atoms with E-state index in [0.717, 1.165) is 35.1 Å². The van der Waals surface area contributed by atoms with E-state index in [9.17, 15) is 9.50 Å². The molecular formula is C26H34FN7O2. The van der Waals surface area contributed by atoms with E-state index >= 15 is 0 Å². The maximum atomic E-state index is 14.7. The van der Waals surface area contributed by atoms with Gasteiger partial charge < -0.3 is 25.0 Å². The monoisotopic (exact) mass is 495 g/mol. The number of aliphatic hydroxyl groups is 1. The van der Waals surface area contributed by atoms with E-state index in [1.165, 1.54) is 6.92 Å². The highest BCUT2D eigenvalue weighted by Gasteiger charge is 2.39. The molecule has 0 aromatic carbocycles. The first-order valence-electron chi connectivity index (χ1n) is 12.5. The van der Waals surface area contributed by atoms with Gasteiger partial charge in [0.15, 0.2) is 5.67 Å². The molecule has 3 aromatic rings. The molecule has 5 heterocycles. The topological polar surface area (TPSA) is 99.5 Å². The summed E-state index contributed by atoms with van der Waals surface area (Å²) in [5, 5.41) is 15.3. The molecule has 0 spiro atoms. The second kappa shape index (κ2) is 9.74. The lowest BCUT2D eigenvalue weighted by Gasteiger charge is -2.42. The third kappa shape index (κ3) is 4.67. The number of fused-ring (bicyclic) bond motifs is 1. The third-order valence-electron chi connectivity index (χ3n) is 7.23. The van der Waals surface area contributed by atoms with Crippen molar-refractivity contribution in [2.45, 2.75) is 57.3 Å². The molecule has 5 rings (SSSR count). The van der Waals surface area contributed by atoms with Crippen LogP contribution in [0.4, 0.5) is 27.8 Å². The van der Waals surface area contributed by atoms with Gasteiger partial charge in [0.05, 0.1) is 25.3 Å². The summed E-state index contributed by atoms with van der Waals surface area (Å²) in [6.07, 6.45) is 5.92. The molecule has 0 unspecified atom stereocenters. The van der Waals surface area contributed by atoms with Gasteiger partial charge in [-0.05, 0) is 48.8 Å². The number of rotatable bonds is 7. The van der Waals surface area contributed by atoms with E-state index in [-0.39, 0.29) is 6.54 Å². The number of halogens is 1. The molecule has 0 saturated carbocycles. The van der Waals surface area contributed by atoms with Crippen molar-refractivity contribution in [2.75, 3.05) is 48.5 Å². The molecule has 9 nitrogen and oxygen atoms in total. The van der Waals surface area contributed by atoms with Crippen molar-refractivity contribution in [3.8, 4) is 0 Å². The smallest absolute Gasteiger partial charge is 0.227 e. The highest BCUT2D eigenvalue weighted by atomic mass is 19.1. The maximum absolute atomic E-state index is 14.7. The van der Waals surface area contributed by atoms with E-state index in [1.54, 1.807) is 24.3 Å². The van der Waals surface area contributed by atoms with E-state index in [4.69, 9.17) is 9.72 Å². The molecule has 0 aliphatic carbocycles. The van der Waals surface area contributed by atoms with Gasteiger partial charge in [-0.15, -0.1) is 0 Å². The van der Waals surface area contributed by atoms with Crippen LogP contribution in [0.15, 0.2) is 30.7 Å². The number of aromatic nitrogens is 4. The first kappa shape index (κ1) is 24.6. The molecule has 36 heavy (non-hydrogen) atoms. The fourth-order valence-electron chi connectivity index (χ4n) is 4.99. The molecule has 192 valence electrons. The molecule has 10 heteroatoms. The lowest BCUT2D eigenvalue weighted by Crippen LogP contribution is -2.52. The summed E-state index contributed by atoms with van der Waals surface area (Å²) < 4.78 is 20.1. The van der Waals surface area contributed by atoms with Crippen LogP contribution in [0, 0.1) is 0 Å². The molecule has 3 aromatic heterocycles. The minimum absolute atomic E-state index is 0.0416. The fourth-order valence-corrected chi connectivity index (χ4v) is 4.99. The SMILES string of the molecule is COC[C@@H]1CCN1c1ncc(C(C)C)c2cc(Nc3ccnc(N4CC[C@@H](O)[C@@](C)(F)C4)n3)ncc12. The first-order valence-corrected chi connectivity index (χ1v) is 12.5. The van der Waals surface area contributed by atoms with Crippen molar-refractivity contribution in [1.82, 2.24) is 19.9 Å². The van der Waals surface area contributed by atoms with E-state index in [1.807, 2.05) is 18.5 Å². The molecule has 0 amide bonds. The lowest BCUT2D eigenvalue weighted by molar-refractivity contribution is -0.00860. The number of piperidine rings is 1. The number of anilines is 4. The van der Waals surface area contributed by atoms with Crippen molar-refractivity contribution < 1.29 is 14.2 Å². The van der Waals surface area contributed by atoms with Gasteiger partial charge in [-0.1, -0.05) is 13.8 Å². The van der Waals surface area contributed by atoms with Crippen LogP contribution in [0.25, 0.3) is 10.8 Å². The largest absolute Gasteiger partial charge is 0.390 e. The van der Waals surface area contributed by atoms with Gasteiger partial charge in [-0.25, -0.2) is 19.3 Å². The zero-order valence-electron chi connectivity index (χ0n) is 21.3. The van der Waals surface area contributed by atoms with Crippen LogP contribution in [-0.4, -0.2) is 76.2 Å². The molecule has 0 bridgehead atoms. The van der Waals surface area contributed by atoms with E-state index < -0.39 is 11.8 Å². The Balaban J connectivity index is 1.43. The number of hydrogen-bond acceptors (Lipinski definition) is 9. The van der Waals surface area contributed by atoms with Crippen LogP contribution < -0.4 is 15.1 Å². The number of alkyl halides is 1. The number of hydrogen-bond donors (Lipinski definition) is 2. The highest BCUT2D eigenvalue weighted by Crippen LogP contribution is 2.36. The van der Waals surface area contributed by atoms with Gasteiger partial charge in [0.1, 0.15) is 17.5 Å². The second-order valence-corrected chi connectivity index (χ2v) is 10.3. The van der Waals surface area contributed by atoms with Gasteiger partial charge in [0, 0.05) is 44.2 Å². The Bertz CT molecular complexity index is 1240. The Morgan fingerprint density at radius 3 is 2.69 bits per heavy atom. The molecule has 2 saturated heterocycles. The minimum Gasteiger partial charge on any atom is -0.390 e. The predicted octanol–water partition coefficient (Wildman–Crippen LogP) is 3.81. The number of methoxy groups -OCH3 is 1. The summed E-state index contributed by atoms with van der Waals surface area (Å²) >= 11 is 0. The summed E-state index contributed by atoms with van der Waals surface area (Å²) in [5.41, 5.74) is -0.552. The van der Waals surface area contributed by atoms with Gasteiger partial charge >= 0.3 is 0 Å². The fraction of sp³-hybridized carbons (Fsp3) is 0.538. The molecule has 0 radical (unpaired) electrons. The number of ether oxygens (including phenoxy) is 1. The van der Waals surface area contributed by atoms with Gasteiger partial charge in [0.25, 0.3) is 0 Å². The second-order valence-electron chi connectivity index (χ2n) is 10.3. The van der Waals surface area contributed by atoms with E-state index in [2.05, 4.69) is 39.0 Å². The number of nitrogens with zero attached hydrogens (tertiary/aromatic N) is 6. The average molecular weight is 496 g/mol. The van der Waals surface area contributed by atoms with Gasteiger partial charge in [-0.2, -0.15) is 4.98 Å². The lowest BCUT2D eigenvalue weighted by atomic mass is 9.94. The number of aliphatic hydroxyl groups excluding tert-OH is 1. The van der Waals surface area contributed by atoms with Crippen molar-refractivity contribution in [3.05, 3.63) is 36.3 Å². The Hall–Kier alpha value is -3.11. The Morgan fingerprint density at radius 1 is 1.17 bits per heavy atom. The van der Waals surface area contributed by atoms with Crippen molar-refractivity contribution in [1.29, 1.82) is 0 Å². The Morgan fingerprint density at radius 2 is 2.00 bits per heavy atom. The van der Waals surface area contributed by atoms with Crippen LogP contribution in [0.2, 0.25) is 0 Å². The number of nitrogens with one attached hydrogen (secondary N) is 1. The standard InChI is InChI=1S/C26H34FN7O2/c1-16(2)19-12-30-24(34-10-6-17(34)14-36-4)20-13-29-23(11-18(19)20)31-22-5-8-28-25(32-22)33-9-7-21(35)26(3,27)15-33/h5,8,11-13,16-17,21,35H,6-7,9-10,14-15H2,1-4H3,(H,28,29,31,32)/t17-,21+,26-/m0/s1. The first-order chi connectivity index (χ1) is 17.3. The highest BCUT2D eigenvalue weighted by molar-refractivity contribution is 5.96. The summed E-state index contributed by atoms with van der Waals surface area (Å²) in [4.78, 5) is 22.5. The van der Waals surface area contributed by atoms with E-state index in [0.29, 0.717) is 49.1 Å². The zero-order valence-corrected chi connectivity index (χ0v) is 21.3. The number of pyridine rings is 2. The van der Waals surface area contributed by atoms with Gasteiger partial charge in [0.2, 0.25) is 5.95 Å².